The summed E-state index contributed by atoms with van der Waals surface area (Å²) in [6.45, 7) is 4.54. The lowest BCUT2D eigenvalue weighted by atomic mass is 9.77. The number of nitrogens with two attached hydrogens (primary N) is 2. The van der Waals surface area contributed by atoms with Crippen LogP contribution in [0.5, 0.6) is 11.5 Å². The SMILES string of the molecule is CC(C)[C@H](CC(=O)[C@H](CCC(=O)O)NC(=O)c1ccc2c(c1)C(=O)OC21c2ccccc2Oc2cc(N)ccc21)C(=O)N[C@@H](CC(N)=O)C(=O)N[C@@H](Cc1ccccc1)[C@@H](O)CCC(=O)N[C@@H](C)C(=O)C[C@@H](CCC(=O)O)C(=O)C[C@@H](Cc1ccccc1)C(=O)O. The van der Waals surface area contributed by atoms with Gasteiger partial charge in [0.1, 0.15) is 23.3 Å². The van der Waals surface area contributed by atoms with Crippen LogP contribution in [0.2, 0.25) is 0 Å². The molecule has 5 amide bonds. The number of amides is 5. The average molecular weight is 1250 g/mol. The van der Waals surface area contributed by atoms with Crippen LogP contribution >= 0.6 is 0 Å². The Morgan fingerprint density at radius 2 is 1.16 bits per heavy atom. The fourth-order valence-corrected chi connectivity index (χ4v) is 11.3. The minimum absolute atomic E-state index is 0.0150. The summed E-state index contributed by atoms with van der Waals surface area (Å²) < 4.78 is 12.3. The van der Waals surface area contributed by atoms with Gasteiger partial charge in [0.2, 0.25) is 23.6 Å². The minimum Gasteiger partial charge on any atom is -0.481 e. The van der Waals surface area contributed by atoms with E-state index in [9.17, 15) is 78.0 Å². The van der Waals surface area contributed by atoms with E-state index >= 15 is 0 Å². The van der Waals surface area contributed by atoms with Gasteiger partial charge in [-0.1, -0.05) is 98.8 Å². The fraction of sp³-hybridized carbons (Fsp3) is 0.373. The van der Waals surface area contributed by atoms with Crippen molar-refractivity contribution in [2.75, 3.05) is 5.73 Å². The Kier molecular flexibility index (Phi) is 23.2. The number of Topliss-reactive ketones (excluding diaryl/α,β-unsaturated/α-hetero) is 3. The number of rotatable bonds is 34. The molecule has 5 aromatic carbocycles. The molecule has 1 unspecified atom stereocenters. The van der Waals surface area contributed by atoms with Gasteiger partial charge in [-0.2, -0.15) is 0 Å². The number of para-hydroxylation sites is 1. The highest BCUT2D eigenvalue weighted by Crippen LogP contribution is 2.56. The Hall–Kier alpha value is -10.1. The summed E-state index contributed by atoms with van der Waals surface area (Å²) in [6, 6.07) is 27.6. The number of carbonyl (C=O) groups is 12. The molecule has 2 aliphatic rings. The number of carbonyl (C=O) groups excluding carboxylic acids is 9. The zero-order valence-corrected chi connectivity index (χ0v) is 50.4. The molecule has 0 bridgehead atoms. The first-order chi connectivity index (χ1) is 43.2. The Bertz CT molecular complexity index is 3580. The number of fused-ring (bicyclic) bond motifs is 6. The highest BCUT2D eigenvalue weighted by atomic mass is 16.6. The zero-order valence-electron chi connectivity index (χ0n) is 50.4. The molecule has 5 aromatic rings. The van der Waals surface area contributed by atoms with Gasteiger partial charge < -0.3 is 62.6 Å². The van der Waals surface area contributed by atoms with Gasteiger partial charge in [0.25, 0.3) is 5.91 Å². The molecule has 0 fully saturated rings. The van der Waals surface area contributed by atoms with E-state index in [0.717, 1.165) is 0 Å². The van der Waals surface area contributed by atoms with E-state index in [1.54, 1.807) is 117 Å². The summed E-state index contributed by atoms with van der Waals surface area (Å²) in [7, 11) is 0. The number of esters is 1. The summed E-state index contributed by atoms with van der Waals surface area (Å²) in [5.74, 6) is -14.6. The van der Waals surface area contributed by atoms with Crippen molar-refractivity contribution in [2.24, 2.45) is 29.4 Å². The largest absolute Gasteiger partial charge is 0.481 e. The van der Waals surface area contributed by atoms with Crippen LogP contribution in [0.15, 0.2) is 121 Å². The molecule has 91 heavy (non-hydrogen) atoms. The van der Waals surface area contributed by atoms with Crippen LogP contribution < -0.4 is 37.5 Å². The summed E-state index contributed by atoms with van der Waals surface area (Å²) in [4.78, 5) is 159. The van der Waals surface area contributed by atoms with Gasteiger partial charge in [-0.3, -0.25) is 52.7 Å². The van der Waals surface area contributed by atoms with E-state index < -0.39 is 182 Å². The summed E-state index contributed by atoms with van der Waals surface area (Å²) in [5, 5.41) is 50.9. The molecule has 12 N–H and O–H groups in total. The number of nitrogen functional groups attached to an aromatic ring is 1. The highest BCUT2D eigenvalue weighted by molar-refractivity contribution is 6.04. The van der Waals surface area contributed by atoms with Gasteiger partial charge >= 0.3 is 23.9 Å². The minimum atomic E-state index is -1.69. The van der Waals surface area contributed by atoms with Crippen LogP contribution in [0.25, 0.3) is 0 Å². The van der Waals surface area contributed by atoms with Crippen molar-refractivity contribution in [3.05, 3.63) is 160 Å². The molecule has 0 saturated carbocycles. The molecule has 0 saturated heterocycles. The molecular formula is C67H74N6O18. The third-order valence-electron chi connectivity index (χ3n) is 16.3. The van der Waals surface area contributed by atoms with Gasteiger partial charge in [0, 0.05) is 84.4 Å². The molecular weight excluding hydrogens is 1180 g/mol. The van der Waals surface area contributed by atoms with E-state index in [2.05, 4.69) is 21.3 Å². The van der Waals surface area contributed by atoms with Crippen molar-refractivity contribution in [2.45, 2.75) is 134 Å². The number of hydrogen-bond acceptors (Lipinski definition) is 16. The first kappa shape index (κ1) is 68.4. The van der Waals surface area contributed by atoms with E-state index in [1.807, 2.05) is 0 Å². The van der Waals surface area contributed by atoms with E-state index in [-0.39, 0.29) is 36.8 Å². The maximum atomic E-state index is 14.3. The number of ether oxygens (including phenoxy) is 2. The Morgan fingerprint density at radius 1 is 0.560 bits per heavy atom. The van der Waals surface area contributed by atoms with Gasteiger partial charge in [0.15, 0.2) is 17.2 Å². The van der Waals surface area contributed by atoms with Crippen LogP contribution in [0.4, 0.5) is 5.69 Å². The van der Waals surface area contributed by atoms with Crippen molar-refractivity contribution in [3.8, 4) is 11.5 Å². The number of aliphatic carboxylic acids is 3. The third-order valence-corrected chi connectivity index (χ3v) is 16.3. The van der Waals surface area contributed by atoms with Gasteiger partial charge in [-0.25, -0.2) is 4.79 Å². The molecule has 480 valence electrons. The quantitative estimate of drug-likeness (QED) is 0.0189. The van der Waals surface area contributed by atoms with Crippen molar-refractivity contribution >= 4 is 76.5 Å². The van der Waals surface area contributed by atoms with Crippen molar-refractivity contribution < 1.29 is 87.4 Å². The summed E-state index contributed by atoms with van der Waals surface area (Å²) >= 11 is 0. The number of benzene rings is 5. The average Bonchev–Trinajstić information content (AvgIpc) is 1.63. The number of carboxylic acid groups (broad SMARTS) is 3. The normalized spacial score (nSPS) is 16.3. The van der Waals surface area contributed by atoms with Crippen molar-refractivity contribution in [3.63, 3.8) is 0 Å². The Morgan fingerprint density at radius 3 is 1.80 bits per heavy atom. The molecule has 1 spiro atoms. The molecule has 0 radical (unpaired) electrons. The Labute approximate surface area is 523 Å². The van der Waals surface area contributed by atoms with Gasteiger partial charge in [0.05, 0.1) is 42.1 Å². The second-order valence-corrected chi connectivity index (χ2v) is 23.3. The molecule has 24 nitrogen and oxygen atoms in total. The number of carboxylic acids is 3. The van der Waals surface area contributed by atoms with Crippen LogP contribution in [-0.4, -0.2) is 121 Å². The van der Waals surface area contributed by atoms with Gasteiger partial charge in [-0.05, 0) is 86.4 Å². The molecule has 24 heteroatoms. The first-order valence-corrected chi connectivity index (χ1v) is 29.8. The molecule has 9 atom stereocenters. The second-order valence-electron chi connectivity index (χ2n) is 23.3. The van der Waals surface area contributed by atoms with Crippen molar-refractivity contribution in [1.82, 2.24) is 21.3 Å². The van der Waals surface area contributed by atoms with Crippen molar-refractivity contribution in [1.29, 1.82) is 0 Å². The Balaban J connectivity index is 1.00. The number of aliphatic hydroxyl groups excluding tert-OH is 1. The predicted molar refractivity (Wildman–Crippen MR) is 327 cm³/mol. The van der Waals surface area contributed by atoms with Crippen LogP contribution in [0.3, 0.4) is 0 Å². The summed E-state index contributed by atoms with van der Waals surface area (Å²) in [5.41, 5.74) is 13.2. The van der Waals surface area contributed by atoms with E-state index in [0.29, 0.717) is 45.0 Å². The molecule has 0 aromatic heterocycles. The second kappa shape index (κ2) is 30.9. The number of hydrogen-bond donors (Lipinski definition) is 10. The monoisotopic (exact) mass is 1250 g/mol. The number of ketones is 3. The highest BCUT2D eigenvalue weighted by Gasteiger charge is 2.54. The number of anilines is 1. The molecule has 0 aliphatic carbocycles. The van der Waals surface area contributed by atoms with E-state index in [1.165, 1.54) is 25.1 Å². The maximum absolute atomic E-state index is 14.3. The topological polar surface area (TPSA) is 404 Å². The van der Waals surface area contributed by atoms with E-state index in [4.69, 9.17) is 20.9 Å². The van der Waals surface area contributed by atoms with Crippen LogP contribution in [0, 0.1) is 23.7 Å². The lowest BCUT2D eigenvalue weighted by Gasteiger charge is -2.36. The maximum Gasteiger partial charge on any atom is 0.340 e. The predicted octanol–water partition coefficient (Wildman–Crippen LogP) is 5.11. The smallest absolute Gasteiger partial charge is 0.340 e. The zero-order chi connectivity index (χ0) is 66.3. The molecule has 2 heterocycles. The fourth-order valence-electron chi connectivity index (χ4n) is 11.3. The number of nitrogens with one attached hydrogen (secondary N) is 4. The lowest BCUT2D eigenvalue weighted by molar-refractivity contribution is -0.145. The summed E-state index contributed by atoms with van der Waals surface area (Å²) in [6.07, 6.45) is -6.33. The standard InChI is InChI=1S/C67H74N6O18/c1-36(2)44(34-55(77)49(23-27-61(82)83)71-62(84)41-18-21-46-45(30-41)66(89)91-67(46)47-16-10-11-17-56(47)90-57-33-43(68)20-22-48(57)67)63(85)73-51(35-58(69)78)64(86)72-50(29-39-14-8-5-9-15-39)52(74)24-25-59(79)70-37(3)53(75)31-40(19-26-60(80)81)54(76)32-42(65(87)88)28-38-12-6-4-7-13-38/h4-18,20-22,30,33,36-37,40,42,44,49-52,74H,19,23-29,31-32,34-35,68H2,1-3H3,(H2,69,78)(H,70,79)(H,71,84)(H,72,86)(H,73,85)(H,80,81)(H,82,83)(H,87,88)/t37-,40+,42+,44-,49-,50-,51-,52-,67?/m0/s1. The van der Waals surface area contributed by atoms with Crippen LogP contribution in [0.1, 0.15) is 134 Å². The first-order valence-electron chi connectivity index (χ1n) is 29.8. The number of primary amides is 1. The third kappa shape index (κ3) is 17.8. The lowest BCUT2D eigenvalue weighted by Crippen LogP contribution is -2.55. The van der Waals surface area contributed by atoms with Gasteiger partial charge in [-0.15, -0.1) is 0 Å². The van der Waals surface area contributed by atoms with Crippen LogP contribution in [-0.2, 0) is 71.1 Å². The molecule has 7 rings (SSSR count). The molecule has 2 aliphatic heterocycles. The number of aliphatic hydroxyl groups is 1.